The third kappa shape index (κ3) is 4.12. The van der Waals surface area contributed by atoms with E-state index in [9.17, 15) is 13.2 Å². The van der Waals surface area contributed by atoms with Crippen LogP contribution >= 0.6 is 0 Å². The van der Waals surface area contributed by atoms with Crippen molar-refractivity contribution in [2.45, 2.75) is 50.9 Å². The fourth-order valence-corrected chi connectivity index (χ4v) is 5.77. The summed E-state index contributed by atoms with van der Waals surface area (Å²) in [5.74, 6) is 0.681. The molecule has 2 aromatic heterocycles. The van der Waals surface area contributed by atoms with Gasteiger partial charge >= 0.3 is 0 Å². The molecule has 10 heteroatoms. The van der Waals surface area contributed by atoms with Crippen molar-refractivity contribution in [1.29, 1.82) is 0 Å². The normalized spacial score (nSPS) is 21.3. The van der Waals surface area contributed by atoms with Crippen molar-refractivity contribution >= 4 is 21.6 Å². The summed E-state index contributed by atoms with van der Waals surface area (Å²) in [4.78, 5) is 21.4. The smallest absolute Gasteiger partial charge is 0.255 e. The molecule has 2 aliphatic heterocycles. The van der Waals surface area contributed by atoms with Gasteiger partial charge in [-0.3, -0.25) is 9.78 Å². The molecule has 0 bridgehead atoms. The first kappa shape index (κ1) is 21.0. The quantitative estimate of drug-likeness (QED) is 0.744. The summed E-state index contributed by atoms with van der Waals surface area (Å²) in [5, 5.41) is 2.85. The Morgan fingerprint density at radius 2 is 2.13 bits per heavy atom. The SMILES string of the molecule is CCCCS(=O)(=O)N1CCC2(CC1)OC(C(=O)Nc1cccnc1)Cn1ccnc12. The highest BCUT2D eigenvalue weighted by atomic mass is 32.2. The number of hydrogen-bond donors (Lipinski definition) is 1. The molecule has 1 saturated heterocycles. The van der Waals surface area contributed by atoms with Gasteiger partial charge in [0.1, 0.15) is 11.4 Å². The largest absolute Gasteiger partial charge is 0.352 e. The Bertz CT molecular complexity index is 984. The van der Waals surface area contributed by atoms with E-state index in [-0.39, 0.29) is 11.7 Å². The third-order valence-electron chi connectivity index (χ3n) is 5.75. The van der Waals surface area contributed by atoms with E-state index in [0.29, 0.717) is 44.6 Å². The number of pyridine rings is 1. The van der Waals surface area contributed by atoms with E-state index in [1.165, 1.54) is 0 Å². The van der Waals surface area contributed by atoms with Crippen LogP contribution in [0.15, 0.2) is 36.9 Å². The van der Waals surface area contributed by atoms with Crippen molar-refractivity contribution in [3.63, 3.8) is 0 Å². The molecule has 4 rings (SSSR count). The lowest BCUT2D eigenvalue weighted by molar-refractivity contribution is -0.166. The Hall–Kier alpha value is -2.30. The molecule has 30 heavy (non-hydrogen) atoms. The standard InChI is InChI=1S/C20H27N5O4S/c1-2-3-13-30(27,28)25-10-6-20(7-11-25)19-22-9-12-24(19)15-17(29-20)18(26)23-16-5-4-8-21-14-16/h4-5,8-9,12,14,17H,2-3,6-7,10-11,13,15H2,1H3,(H,23,26). The Morgan fingerprint density at radius 3 is 2.83 bits per heavy atom. The van der Waals surface area contributed by atoms with Gasteiger partial charge in [0.25, 0.3) is 5.91 Å². The van der Waals surface area contributed by atoms with Crippen LogP contribution < -0.4 is 5.32 Å². The molecular formula is C20H27N5O4S. The van der Waals surface area contributed by atoms with Gasteiger partial charge in [-0.2, -0.15) is 0 Å². The average molecular weight is 434 g/mol. The predicted molar refractivity (Wildman–Crippen MR) is 111 cm³/mol. The Morgan fingerprint density at radius 1 is 1.33 bits per heavy atom. The van der Waals surface area contributed by atoms with Crippen LogP contribution in [0.25, 0.3) is 0 Å². The highest BCUT2D eigenvalue weighted by molar-refractivity contribution is 7.89. The fraction of sp³-hybridized carbons (Fsp3) is 0.550. The highest BCUT2D eigenvalue weighted by Gasteiger charge is 2.48. The number of amides is 1. The zero-order valence-corrected chi connectivity index (χ0v) is 17.8. The van der Waals surface area contributed by atoms with Crippen LogP contribution in [0.1, 0.15) is 38.4 Å². The molecule has 0 radical (unpaired) electrons. The number of fused-ring (bicyclic) bond motifs is 2. The van der Waals surface area contributed by atoms with E-state index in [0.717, 1.165) is 12.2 Å². The molecule has 4 heterocycles. The van der Waals surface area contributed by atoms with Crippen molar-refractivity contribution in [2.75, 3.05) is 24.2 Å². The minimum Gasteiger partial charge on any atom is -0.352 e. The van der Waals surface area contributed by atoms with E-state index in [1.54, 1.807) is 35.0 Å². The zero-order valence-electron chi connectivity index (χ0n) is 17.0. The second kappa shape index (κ2) is 8.44. The number of unbranched alkanes of at least 4 members (excludes halogenated alkanes) is 1. The maximum atomic E-state index is 12.9. The molecule has 2 aliphatic rings. The Labute approximate surface area is 176 Å². The lowest BCUT2D eigenvalue weighted by atomic mass is 9.89. The molecule has 1 N–H and O–H groups in total. The number of aromatic nitrogens is 3. The van der Waals surface area contributed by atoms with E-state index >= 15 is 0 Å². The summed E-state index contributed by atoms with van der Waals surface area (Å²) < 4.78 is 35.0. The van der Waals surface area contributed by atoms with Crippen molar-refractivity contribution in [3.05, 3.63) is 42.7 Å². The third-order valence-corrected chi connectivity index (χ3v) is 7.71. The Balaban J connectivity index is 1.50. The molecule has 0 saturated carbocycles. The summed E-state index contributed by atoms with van der Waals surface area (Å²) in [6.45, 7) is 3.06. The van der Waals surface area contributed by atoms with Gasteiger partial charge in [0.15, 0.2) is 6.10 Å². The van der Waals surface area contributed by atoms with Crippen molar-refractivity contribution in [1.82, 2.24) is 18.8 Å². The number of anilines is 1. The topological polar surface area (TPSA) is 106 Å². The molecule has 1 spiro atoms. The monoisotopic (exact) mass is 433 g/mol. The Kier molecular flexibility index (Phi) is 5.90. The second-order valence-electron chi connectivity index (χ2n) is 7.80. The summed E-state index contributed by atoms with van der Waals surface area (Å²) in [6.07, 6.45) is 8.49. The number of hydrogen-bond acceptors (Lipinski definition) is 6. The molecule has 1 amide bonds. The maximum absolute atomic E-state index is 12.9. The van der Waals surface area contributed by atoms with Gasteiger partial charge in [-0.25, -0.2) is 17.7 Å². The lowest BCUT2D eigenvalue weighted by Gasteiger charge is -2.45. The number of sulfonamides is 1. The van der Waals surface area contributed by atoms with Gasteiger partial charge in [-0.15, -0.1) is 0 Å². The number of carbonyl (C=O) groups is 1. The van der Waals surface area contributed by atoms with E-state index in [4.69, 9.17) is 4.74 Å². The highest BCUT2D eigenvalue weighted by Crippen LogP contribution is 2.40. The number of nitrogens with one attached hydrogen (secondary N) is 1. The molecule has 0 aromatic carbocycles. The van der Waals surface area contributed by atoms with Crippen LogP contribution in [-0.4, -0.2) is 58.1 Å². The molecule has 2 aromatic rings. The van der Waals surface area contributed by atoms with Crippen LogP contribution in [0.3, 0.4) is 0 Å². The minimum absolute atomic E-state index is 0.169. The first-order valence-corrected chi connectivity index (χ1v) is 11.9. The summed E-state index contributed by atoms with van der Waals surface area (Å²) >= 11 is 0. The number of rotatable bonds is 6. The van der Waals surface area contributed by atoms with Gasteiger partial charge in [0, 0.05) is 31.7 Å². The van der Waals surface area contributed by atoms with Gasteiger partial charge in [-0.05, 0) is 31.4 Å². The molecule has 0 aliphatic carbocycles. The molecule has 9 nitrogen and oxygen atoms in total. The number of imidazole rings is 1. The zero-order chi connectivity index (χ0) is 21.2. The first-order valence-electron chi connectivity index (χ1n) is 10.3. The van der Waals surface area contributed by atoms with Crippen LogP contribution in [0.4, 0.5) is 5.69 Å². The molecule has 162 valence electrons. The second-order valence-corrected chi connectivity index (χ2v) is 9.89. The first-order chi connectivity index (χ1) is 14.4. The summed E-state index contributed by atoms with van der Waals surface area (Å²) in [5.41, 5.74) is -0.163. The van der Waals surface area contributed by atoms with Gasteiger partial charge in [0.05, 0.1) is 24.2 Å². The van der Waals surface area contributed by atoms with E-state index in [1.807, 2.05) is 17.7 Å². The number of ether oxygens (including phenoxy) is 1. The minimum atomic E-state index is -3.27. The lowest BCUT2D eigenvalue weighted by Crippen LogP contribution is -2.54. The van der Waals surface area contributed by atoms with Gasteiger partial charge < -0.3 is 14.6 Å². The van der Waals surface area contributed by atoms with Crippen molar-refractivity contribution in [2.24, 2.45) is 0 Å². The molecule has 1 fully saturated rings. The van der Waals surface area contributed by atoms with Crippen molar-refractivity contribution in [3.8, 4) is 0 Å². The summed E-state index contributed by atoms with van der Waals surface area (Å²) in [6, 6.07) is 3.52. The van der Waals surface area contributed by atoms with Gasteiger partial charge in [0.2, 0.25) is 10.0 Å². The van der Waals surface area contributed by atoms with Crippen LogP contribution in [0.2, 0.25) is 0 Å². The molecular weight excluding hydrogens is 406 g/mol. The fourth-order valence-electron chi connectivity index (χ4n) is 4.12. The van der Waals surface area contributed by atoms with Crippen LogP contribution in [0.5, 0.6) is 0 Å². The predicted octanol–water partition coefficient (Wildman–Crippen LogP) is 1.74. The number of piperidine rings is 1. The summed E-state index contributed by atoms with van der Waals surface area (Å²) in [7, 11) is -3.27. The molecule has 1 unspecified atom stereocenters. The number of carbonyl (C=O) groups excluding carboxylic acids is 1. The van der Waals surface area contributed by atoms with E-state index in [2.05, 4.69) is 15.3 Å². The molecule has 1 atom stereocenters. The van der Waals surface area contributed by atoms with Gasteiger partial charge in [-0.1, -0.05) is 13.3 Å². The van der Waals surface area contributed by atoms with E-state index < -0.39 is 21.7 Å². The number of nitrogens with zero attached hydrogens (tertiary/aromatic N) is 4. The maximum Gasteiger partial charge on any atom is 0.255 e. The van der Waals surface area contributed by atoms with Crippen LogP contribution in [-0.2, 0) is 31.7 Å². The average Bonchev–Trinajstić information content (AvgIpc) is 3.23. The van der Waals surface area contributed by atoms with Crippen LogP contribution in [0, 0.1) is 0 Å². The van der Waals surface area contributed by atoms with Crippen molar-refractivity contribution < 1.29 is 17.9 Å².